The molecule has 3 heterocycles. The van der Waals surface area contributed by atoms with Gasteiger partial charge in [-0.25, -0.2) is 4.98 Å². The number of nitrogens with one attached hydrogen (secondary N) is 1. The summed E-state index contributed by atoms with van der Waals surface area (Å²) in [5, 5.41) is 0. The van der Waals surface area contributed by atoms with E-state index in [-0.39, 0.29) is 23.7 Å². The van der Waals surface area contributed by atoms with E-state index in [4.69, 9.17) is 4.74 Å². The second-order valence-corrected chi connectivity index (χ2v) is 8.13. The van der Waals surface area contributed by atoms with Gasteiger partial charge >= 0.3 is 5.97 Å². The highest BCUT2D eigenvalue weighted by Gasteiger charge is 2.34. The summed E-state index contributed by atoms with van der Waals surface area (Å²) in [6.07, 6.45) is 3.41. The highest BCUT2D eigenvalue weighted by molar-refractivity contribution is 5.80. The van der Waals surface area contributed by atoms with Crippen LogP contribution < -0.4 is 0 Å². The van der Waals surface area contributed by atoms with E-state index in [0.29, 0.717) is 13.2 Å². The van der Waals surface area contributed by atoms with E-state index in [9.17, 15) is 9.59 Å². The lowest BCUT2D eigenvalue weighted by molar-refractivity contribution is -0.152. The number of para-hydroxylation sites is 2. The van der Waals surface area contributed by atoms with Gasteiger partial charge in [0.25, 0.3) is 0 Å². The number of amides is 1. The zero-order valence-electron chi connectivity index (χ0n) is 17.1. The molecule has 7 nitrogen and oxygen atoms in total. The molecule has 0 spiro atoms. The Morgan fingerprint density at radius 2 is 1.93 bits per heavy atom. The lowest BCUT2D eigenvalue weighted by Gasteiger charge is -2.37. The topological polar surface area (TPSA) is 78.5 Å². The SMILES string of the molecule is CCOC(=O)C1CCCN(C(=O)C2CCN(Cc3nc4ccccc4[nH]3)CC2)C1. The summed E-state index contributed by atoms with van der Waals surface area (Å²) in [5.74, 6) is 0.918. The first-order valence-corrected chi connectivity index (χ1v) is 10.8. The van der Waals surface area contributed by atoms with Crippen molar-refractivity contribution in [2.75, 3.05) is 32.8 Å². The minimum absolute atomic E-state index is 0.0582. The average molecular weight is 399 g/mol. The van der Waals surface area contributed by atoms with Crippen LogP contribution in [0.25, 0.3) is 11.0 Å². The normalized spacial score (nSPS) is 21.4. The number of carbonyl (C=O) groups is 2. The fourth-order valence-corrected chi connectivity index (χ4v) is 4.52. The van der Waals surface area contributed by atoms with E-state index in [2.05, 4.69) is 14.9 Å². The highest BCUT2D eigenvalue weighted by Crippen LogP contribution is 2.25. The van der Waals surface area contributed by atoms with E-state index >= 15 is 0 Å². The number of imidazole rings is 1. The van der Waals surface area contributed by atoms with Crippen LogP contribution in [0.1, 0.15) is 38.4 Å². The summed E-state index contributed by atoms with van der Waals surface area (Å²) in [5.41, 5.74) is 2.06. The zero-order chi connectivity index (χ0) is 20.2. The summed E-state index contributed by atoms with van der Waals surface area (Å²) < 4.78 is 5.15. The number of carbonyl (C=O) groups excluding carboxylic acids is 2. The number of likely N-dealkylation sites (tertiary alicyclic amines) is 2. The van der Waals surface area contributed by atoms with Crippen LogP contribution in [0.4, 0.5) is 0 Å². The summed E-state index contributed by atoms with van der Waals surface area (Å²) in [7, 11) is 0. The molecule has 156 valence electrons. The number of esters is 1. The van der Waals surface area contributed by atoms with Gasteiger partial charge in [-0.3, -0.25) is 14.5 Å². The van der Waals surface area contributed by atoms with Crippen LogP contribution in [-0.4, -0.2) is 64.4 Å². The third-order valence-electron chi connectivity index (χ3n) is 6.10. The first kappa shape index (κ1) is 19.9. The minimum Gasteiger partial charge on any atom is -0.466 e. The van der Waals surface area contributed by atoms with Crippen molar-refractivity contribution in [2.24, 2.45) is 11.8 Å². The molecule has 2 aliphatic heterocycles. The molecule has 1 amide bonds. The van der Waals surface area contributed by atoms with Gasteiger partial charge in [0, 0.05) is 19.0 Å². The van der Waals surface area contributed by atoms with E-state index < -0.39 is 0 Å². The van der Waals surface area contributed by atoms with Gasteiger partial charge in [0.15, 0.2) is 0 Å². The molecule has 1 unspecified atom stereocenters. The van der Waals surface area contributed by atoms with Crippen LogP contribution in [-0.2, 0) is 20.9 Å². The monoisotopic (exact) mass is 398 g/mol. The number of ether oxygens (including phenoxy) is 1. The smallest absolute Gasteiger partial charge is 0.310 e. The second kappa shape index (κ2) is 8.95. The zero-order valence-corrected chi connectivity index (χ0v) is 17.1. The second-order valence-electron chi connectivity index (χ2n) is 8.13. The maximum atomic E-state index is 13.0. The Balaban J connectivity index is 1.28. The average Bonchev–Trinajstić information content (AvgIpc) is 3.16. The number of fused-ring (bicyclic) bond motifs is 1. The molecule has 0 radical (unpaired) electrons. The van der Waals surface area contributed by atoms with E-state index in [1.54, 1.807) is 0 Å². The number of H-pyrrole nitrogens is 1. The Labute approximate surface area is 171 Å². The van der Waals surface area contributed by atoms with Gasteiger partial charge in [0.1, 0.15) is 5.82 Å². The third kappa shape index (κ3) is 4.61. The molecule has 1 N–H and O–H groups in total. The Kier molecular flexibility index (Phi) is 6.13. The van der Waals surface area contributed by atoms with Crippen molar-refractivity contribution in [2.45, 2.75) is 39.2 Å². The number of aromatic amines is 1. The molecule has 2 aliphatic rings. The quantitative estimate of drug-likeness (QED) is 0.783. The Morgan fingerprint density at radius 3 is 2.69 bits per heavy atom. The standard InChI is InChI=1S/C22H30N4O3/c1-2-29-22(28)17-6-5-11-26(14-17)21(27)16-9-12-25(13-10-16)15-20-23-18-7-3-4-8-19(18)24-20/h3-4,7-8,16-17H,2,5-6,9-15H2,1H3,(H,23,24). The molecule has 0 saturated carbocycles. The van der Waals surface area contributed by atoms with Gasteiger partial charge in [0.2, 0.25) is 5.91 Å². The molecule has 1 atom stereocenters. The molecule has 1 aromatic carbocycles. The van der Waals surface area contributed by atoms with Crippen LogP contribution in [0.3, 0.4) is 0 Å². The molecule has 2 saturated heterocycles. The third-order valence-corrected chi connectivity index (χ3v) is 6.10. The lowest BCUT2D eigenvalue weighted by Crippen LogP contribution is -2.47. The fourth-order valence-electron chi connectivity index (χ4n) is 4.52. The highest BCUT2D eigenvalue weighted by atomic mass is 16.5. The van der Waals surface area contributed by atoms with Crippen molar-refractivity contribution in [3.05, 3.63) is 30.1 Å². The van der Waals surface area contributed by atoms with E-state index in [1.807, 2.05) is 36.1 Å². The number of benzene rings is 1. The molecular weight excluding hydrogens is 368 g/mol. The maximum Gasteiger partial charge on any atom is 0.310 e. The first-order chi connectivity index (χ1) is 14.1. The number of hydrogen-bond acceptors (Lipinski definition) is 5. The van der Waals surface area contributed by atoms with Crippen LogP contribution in [0.15, 0.2) is 24.3 Å². The fraction of sp³-hybridized carbons (Fsp3) is 0.591. The van der Waals surface area contributed by atoms with Crippen LogP contribution in [0, 0.1) is 11.8 Å². The van der Waals surface area contributed by atoms with Gasteiger partial charge in [-0.1, -0.05) is 12.1 Å². The predicted molar refractivity (Wildman–Crippen MR) is 110 cm³/mol. The van der Waals surface area contributed by atoms with Crippen molar-refractivity contribution in [3.8, 4) is 0 Å². The van der Waals surface area contributed by atoms with Gasteiger partial charge in [-0.2, -0.15) is 0 Å². The summed E-state index contributed by atoms with van der Waals surface area (Å²) in [6.45, 7) is 6.05. The van der Waals surface area contributed by atoms with Crippen molar-refractivity contribution >= 4 is 22.9 Å². The van der Waals surface area contributed by atoms with Crippen molar-refractivity contribution < 1.29 is 14.3 Å². The molecule has 29 heavy (non-hydrogen) atoms. The summed E-state index contributed by atoms with van der Waals surface area (Å²) >= 11 is 0. The van der Waals surface area contributed by atoms with Gasteiger partial charge in [0.05, 0.1) is 30.1 Å². The Morgan fingerprint density at radius 1 is 1.14 bits per heavy atom. The minimum atomic E-state index is -0.166. The summed E-state index contributed by atoms with van der Waals surface area (Å²) in [4.78, 5) is 37.3. The van der Waals surface area contributed by atoms with Crippen molar-refractivity contribution in [1.29, 1.82) is 0 Å². The van der Waals surface area contributed by atoms with E-state index in [1.165, 1.54) is 0 Å². The Bertz CT molecular complexity index is 824. The maximum absolute atomic E-state index is 13.0. The van der Waals surface area contributed by atoms with Crippen LogP contribution in [0.2, 0.25) is 0 Å². The lowest BCUT2D eigenvalue weighted by atomic mass is 9.92. The summed E-state index contributed by atoms with van der Waals surface area (Å²) in [6, 6.07) is 8.06. The van der Waals surface area contributed by atoms with Crippen molar-refractivity contribution in [3.63, 3.8) is 0 Å². The van der Waals surface area contributed by atoms with Crippen LogP contribution >= 0.6 is 0 Å². The molecule has 0 aliphatic carbocycles. The predicted octanol–water partition coefficient (Wildman–Crippen LogP) is 2.58. The van der Waals surface area contributed by atoms with Crippen molar-refractivity contribution in [1.82, 2.24) is 19.8 Å². The molecule has 4 rings (SSSR count). The molecule has 2 aromatic rings. The first-order valence-electron chi connectivity index (χ1n) is 10.8. The largest absolute Gasteiger partial charge is 0.466 e. The molecule has 1 aromatic heterocycles. The Hall–Kier alpha value is -2.41. The number of hydrogen-bond donors (Lipinski definition) is 1. The van der Waals surface area contributed by atoms with E-state index in [0.717, 1.165) is 68.7 Å². The number of piperidine rings is 2. The number of aromatic nitrogens is 2. The number of nitrogens with zero attached hydrogens (tertiary/aromatic N) is 3. The van der Waals surface area contributed by atoms with Gasteiger partial charge in [-0.05, 0) is 57.8 Å². The molecule has 7 heteroatoms. The van der Waals surface area contributed by atoms with Crippen LogP contribution in [0.5, 0.6) is 0 Å². The van der Waals surface area contributed by atoms with Gasteiger partial charge < -0.3 is 14.6 Å². The molecular formula is C22H30N4O3. The van der Waals surface area contributed by atoms with Gasteiger partial charge in [-0.15, -0.1) is 0 Å². The molecule has 0 bridgehead atoms. The molecule has 2 fully saturated rings. The number of rotatable bonds is 5.